The third kappa shape index (κ3) is 4.26. The Morgan fingerprint density at radius 1 is 1.27 bits per heavy atom. The molecule has 0 bridgehead atoms. The molecular weight excluding hydrogens is 384 g/mol. The molecule has 0 N–H and O–H groups in total. The van der Waals surface area contributed by atoms with E-state index < -0.39 is 11.5 Å². The van der Waals surface area contributed by atoms with E-state index in [4.69, 9.17) is 14.0 Å². The van der Waals surface area contributed by atoms with E-state index in [0.29, 0.717) is 44.9 Å². The Balaban J connectivity index is 1.56. The van der Waals surface area contributed by atoms with Crippen molar-refractivity contribution in [3.8, 4) is 11.3 Å². The van der Waals surface area contributed by atoms with Crippen molar-refractivity contribution in [2.75, 3.05) is 26.3 Å². The van der Waals surface area contributed by atoms with Crippen molar-refractivity contribution >= 4 is 11.9 Å². The van der Waals surface area contributed by atoms with Crippen LogP contribution in [0.5, 0.6) is 0 Å². The highest BCUT2D eigenvalue weighted by Crippen LogP contribution is 2.37. The van der Waals surface area contributed by atoms with Gasteiger partial charge < -0.3 is 18.9 Å². The van der Waals surface area contributed by atoms with Gasteiger partial charge in [-0.15, -0.1) is 0 Å². The smallest absolute Gasteiger partial charge is 0.314 e. The average Bonchev–Trinajstić information content (AvgIpc) is 3.47. The van der Waals surface area contributed by atoms with Crippen LogP contribution in [0.25, 0.3) is 11.3 Å². The van der Waals surface area contributed by atoms with E-state index in [1.165, 1.54) is 0 Å². The van der Waals surface area contributed by atoms with Crippen LogP contribution in [-0.2, 0) is 25.5 Å². The average molecular weight is 412 g/mol. The second-order valence-corrected chi connectivity index (χ2v) is 8.09. The maximum Gasteiger partial charge on any atom is 0.314 e. The van der Waals surface area contributed by atoms with Gasteiger partial charge in [0.2, 0.25) is 0 Å². The molecule has 3 heterocycles. The molecule has 1 aromatic carbocycles. The number of nitrogens with zero attached hydrogens (tertiary/aromatic N) is 2. The van der Waals surface area contributed by atoms with Crippen LogP contribution in [0, 0.1) is 5.41 Å². The molecule has 0 unspecified atom stereocenters. The third-order valence-electron chi connectivity index (χ3n) is 5.94. The number of piperidine rings is 1. The molecule has 2 fully saturated rings. The molecule has 0 spiro atoms. The molecule has 7 heteroatoms. The maximum atomic E-state index is 13.0. The summed E-state index contributed by atoms with van der Waals surface area (Å²) in [6.45, 7) is 3.66. The molecule has 2 aliphatic heterocycles. The maximum absolute atomic E-state index is 13.0. The summed E-state index contributed by atoms with van der Waals surface area (Å²) in [6, 6.07) is 11.6. The standard InChI is InChI=1S/C23H28N2O5/c1-2-28-22(27)23(11-7-12-25(16-23)21(26)20-10-6-13-29-20)15-18-14-19(24-30-18)17-8-4-3-5-9-17/h3-5,8-9,14,20H,2,6-7,10-13,15-16H2,1H3/t20-,23-/m0/s1. The number of benzene rings is 1. The number of ether oxygens (including phenoxy) is 2. The number of carbonyl (C=O) groups excluding carboxylic acids is 2. The van der Waals surface area contributed by atoms with Crippen molar-refractivity contribution in [2.45, 2.75) is 45.1 Å². The zero-order valence-corrected chi connectivity index (χ0v) is 17.3. The van der Waals surface area contributed by atoms with Crippen molar-refractivity contribution in [3.63, 3.8) is 0 Å². The summed E-state index contributed by atoms with van der Waals surface area (Å²) in [5.41, 5.74) is 0.847. The predicted molar refractivity (Wildman–Crippen MR) is 109 cm³/mol. The van der Waals surface area contributed by atoms with E-state index in [9.17, 15) is 9.59 Å². The minimum Gasteiger partial charge on any atom is -0.466 e. The highest BCUT2D eigenvalue weighted by atomic mass is 16.5. The fourth-order valence-electron chi connectivity index (χ4n) is 4.44. The Bertz CT molecular complexity index is 875. The number of hydrogen-bond donors (Lipinski definition) is 0. The lowest BCUT2D eigenvalue weighted by Gasteiger charge is -2.41. The molecule has 160 valence electrons. The molecule has 2 saturated heterocycles. The molecule has 0 radical (unpaired) electrons. The summed E-state index contributed by atoms with van der Waals surface area (Å²) >= 11 is 0. The van der Waals surface area contributed by atoms with Crippen molar-refractivity contribution in [1.29, 1.82) is 0 Å². The Morgan fingerprint density at radius 3 is 2.83 bits per heavy atom. The van der Waals surface area contributed by atoms with Gasteiger partial charge in [0.15, 0.2) is 0 Å². The third-order valence-corrected chi connectivity index (χ3v) is 5.94. The number of aromatic nitrogens is 1. The molecule has 0 saturated carbocycles. The van der Waals surface area contributed by atoms with Gasteiger partial charge >= 0.3 is 5.97 Å². The van der Waals surface area contributed by atoms with Crippen molar-refractivity contribution in [2.24, 2.45) is 5.41 Å². The topological polar surface area (TPSA) is 81.9 Å². The van der Waals surface area contributed by atoms with Crippen LogP contribution in [0.2, 0.25) is 0 Å². The molecule has 2 atom stereocenters. The van der Waals surface area contributed by atoms with E-state index >= 15 is 0 Å². The fraction of sp³-hybridized carbons (Fsp3) is 0.522. The van der Waals surface area contributed by atoms with E-state index in [1.54, 1.807) is 11.8 Å². The lowest BCUT2D eigenvalue weighted by molar-refractivity contribution is -0.162. The molecule has 1 amide bonds. The van der Waals surface area contributed by atoms with E-state index in [2.05, 4.69) is 5.16 Å². The molecule has 0 aliphatic carbocycles. The molecule has 2 aliphatic rings. The quantitative estimate of drug-likeness (QED) is 0.678. The van der Waals surface area contributed by atoms with Crippen LogP contribution in [0.15, 0.2) is 40.9 Å². The van der Waals surface area contributed by atoms with Gasteiger partial charge in [-0.05, 0) is 32.6 Å². The second kappa shape index (κ2) is 9.00. The van der Waals surface area contributed by atoms with Crippen LogP contribution in [-0.4, -0.2) is 54.3 Å². The van der Waals surface area contributed by atoms with Gasteiger partial charge in [0.25, 0.3) is 5.91 Å². The van der Waals surface area contributed by atoms with Crippen molar-refractivity contribution < 1.29 is 23.6 Å². The minimum atomic E-state index is -0.837. The zero-order chi connectivity index (χ0) is 21.0. The Hall–Kier alpha value is -2.67. The summed E-state index contributed by atoms with van der Waals surface area (Å²) in [7, 11) is 0. The molecular formula is C23H28N2O5. The van der Waals surface area contributed by atoms with Gasteiger partial charge in [-0.2, -0.15) is 0 Å². The SMILES string of the molecule is CCOC(=O)[C@]1(Cc2cc(-c3ccccc3)no2)CCCN(C(=O)[C@@H]2CCCO2)C1. The van der Waals surface area contributed by atoms with Crippen LogP contribution >= 0.6 is 0 Å². The van der Waals surface area contributed by atoms with Gasteiger partial charge in [-0.1, -0.05) is 35.5 Å². The molecule has 1 aromatic heterocycles. The summed E-state index contributed by atoms with van der Waals surface area (Å²) in [4.78, 5) is 27.7. The van der Waals surface area contributed by atoms with Crippen LogP contribution in [0.4, 0.5) is 0 Å². The summed E-state index contributed by atoms with van der Waals surface area (Å²) in [6.07, 6.45) is 2.97. The fourth-order valence-corrected chi connectivity index (χ4v) is 4.44. The number of carbonyl (C=O) groups is 2. The van der Waals surface area contributed by atoms with Gasteiger partial charge in [-0.3, -0.25) is 9.59 Å². The summed E-state index contributed by atoms with van der Waals surface area (Å²) < 4.78 is 16.6. The molecule has 2 aromatic rings. The minimum absolute atomic E-state index is 0.0246. The molecule has 30 heavy (non-hydrogen) atoms. The molecule has 4 rings (SSSR count). The molecule has 7 nitrogen and oxygen atoms in total. The second-order valence-electron chi connectivity index (χ2n) is 8.09. The van der Waals surface area contributed by atoms with Gasteiger partial charge in [0.05, 0.1) is 12.0 Å². The highest BCUT2D eigenvalue weighted by Gasteiger charge is 2.46. The highest BCUT2D eigenvalue weighted by molar-refractivity contribution is 5.83. The van der Waals surface area contributed by atoms with Crippen molar-refractivity contribution in [3.05, 3.63) is 42.2 Å². The number of hydrogen-bond acceptors (Lipinski definition) is 6. The first-order chi connectivity index (χ1) is 14.6. The Morgan fingerprint density at radius 2 is 2.10 bits per heavy atom. The predicted octanol–water partition coefficient (Wildman–Crippen LogP) is 3.24. The first-order valence-electron chi connectivity index (χ1n) is 10.7. The first-order valence-corrected chi connectivity index (χ1v) is 10.7. The summed E-state index contributed by atoms with van der Waals surface area (Å²) in [5.74, 6) is 0.309. The Kier molecular flexibility index (Phi) is 6.18. The normalized spacial score (nSPS) is 24.0. The number of rotatable bonds is 6. The largest absolute Gasteiger partial charge is 0.466 e. The number of esters is 1. The van der Waals surface area contributed by atoms with E-state index in [1.807, 2.05) is 36.4 Å². The first kappa shape index (κ1) is 20.6. The van der Waals surface area contributed by atoms with Crippen molar-refractivity contribution in [1.82, 2.24) is 10.1 Å². The number of likely N-dealkylation sites (tertiary alicyclic amines) is 1. The Labute approximate surface area is 176 Å². The summed E-state index contributed by atoms with van der Waals surface area (Å²) in [5, 5.41) is 4.18. The van der Waals surface area contributed by atoms with Gasteiger partial charge in [-0.25, -0.2) is 0 Å². The van der Waals surface area contributed by atoms with Crippen LogP contribution in [0.1, 0.15) is 38.4 Å². The lowest BCUT2D eigenvalue weighted by Crippen LogP contribution is -2.53. The zero-order valence-electron chi connectivity index (χ0n) is 17.3. The van der Waals surface area contributed by atoms with E-state index in [0.717, 1.165) is 30.5 Å². The number of amides is 1. The van der Waals surface area contributed by atoms with E-state index in [-0.39, 0.29) is 11.9 Å². The van der Waals surface area contributed by atoms with Crippen LogP contribution < -0.4 is 0 Å². The van der Waals surface area contributed by atoms with Gasteiger partial charge in [0.1, 0.15) is 17.6 Å². The monoisotopic (exact) mass is 412 g/mol. The van der Waals surface area contributed by atoms with Gasteiger partial charge in [0, 0.05) is 37.7 Å². The van der Waals surface area contributed by atoms with Crippen LogP contribution in [0.3, 0.4) is 0 Å². The lowest BCUT2D eigenvalue weighted by atomic mass is 9.76.